The largest absolute Gasteiger partial charge is 0.478 e. The van der Waals surface area contributed by atoms with Gasteiger partial charge in [0.1, 0.15) is 5.82 Å². The Kier molecular flexibility index (Phi) is 3.17. The third-order valence-electron chi connectivity index (χ3n) is 3.56. The lowest BCUT2D eigenvalue weighted by Crippen LogP contribution is -2.24. The molecule has 21 heavy (non-hydrogen) atoms. The number of benzene rings is 2. The predicted octanol–water partition coefficient (Wildman–Crippen LogP) is 2.68. The molecule has 1 aliphatic heterocycles. The Morgan fingerprint density at radius 2 is 1.95 bits per heavy atom. The highest BCUT2D eigenvalue weighted by Crippen LogP contribution is 2.27. The average Bonchev–Trinajstić information content (AvgIpc) is 2.78. The number of carboxylic acids is 1. The molecule has 4 nitrogen and oxygen atoms in total. The van der Waals surface area contributed by atoms with Gasteiger partial charge in [-0.3, -0.25) is 4.79 Å². The van der Waals surface area contributed by atoms with Gasteiger partial charge in [-0.1, -0.05) is 30.3 Å². The van der Waals surface area contributed by atoms with E-state index in [9.17, 15) is 14.0 Å². The van der Waals surface area contributed by atoms with Crippen LogP contribution in [0.4, 0.5) is 4.39 Å². The lowest BCUT2D eigenvalue weighted by atomic mass is 10.0. The van der Waals surface area contributed by atoms with Crippen LogP contribution in [0, 0.1) is 5.82 Å². The molecule has 1 heterocycles. The first-order valence-electron chi connectivity index (χ1n) is 6.46. The molecule has 0 aliphatic carbocycles. The van der Waals surface area contributed by atoms with Crippen LogP contribution in [-0.2, 0) is 13.1 Å². The van der Waals surface area contributed by atoms with Gasteiger partial charge >= 0.3 is 5.97 Å². The smallest absolute Gasteiger partial charge is 0.336 e. The number of fused-ring (bicyclic) bond motifs is 1. The first kappa shape index (κ1) is 13.3. The number of hydrogen-bond acceptors (Lipinski definition) is 2. The minimum atomic E-state index is -1.13. The molecule has 0 atom stereocenters. The highest BCUT2D eigenvalue weighted by atomic mass is 19.1. The lowest BCUT2D eigenvalue weighted by molar-refractivity contribution is 0.0680. The summed E-state index contributed by atoms with van der Waals surface area (Å²) in [6.45, 7) is 0.420. The van der Waals surface area contributed by atoms with Gasteiger partial charge in [0.2, 0.25) is 0 Å². The number of hydrogen-bond donors (Lipinski definition) is 1. The molecule has 0 saturated heterocycles. The van der Waals surface area contributed by atoms with Crippen LogP contribution in [-0.4, -0.2) is 21.9 Å². The second-order valence-electron chi connectivity index (χ2n) is 4.90. The minimum absolute atomic E-state index is 0.00599. The Bertz CT molecular complexity index is 742. The summed E-state index contributed by atoms with van der Waals surface area (Å²) in [5.41, 5.74) is 1.28. The summed E-state index contributed by atoms with van der Waals surface area (Å²) in [5, 5.41) is 9.16. The fraction of sp³-hybridized carbons (Fsp3) is 0.125. The zero-order valence-corrected chi connectivity index (χ0v) is 11.0. The lowest BCUT2D eigenvalue weighted by Gasteiger charge is -2.16. The highest BCUT2D eigenvalue weighted by molar-refractivity contribution is 6.07. The van der Waals surface area contributed by atoms with Crippen LogP contribution in [0.1, 0.15) is 31.8 Å². The van der Waals surface area contributed by atoms with E-state index in [4.69, 9.17) is 5.11 Å². The number of rotatable bonds is 3. The zero-order valence-electron chi connectivity index (χ0n) is 11.0. The summed E-state index contributed by atoms with van der Waals surface area (Å²) in [6.07, 6.45) is 0. The summed E-state index contributed by atoms with van der Waals surface area (Å²) in [5.74, 6) is -1.88. The average molecular weight is 285 g/mol. The van der Waals surface area contributed by atoms with Gasteiger partial charge in [-0.05, 0) is 17.7 Å². The van der Waals surface area contributed by atoms with E-state index >= 15 is 0 Å². The second kappa shape index (κ2) is 5.01. The van der Waals surface area contributed by atoms with E-state index in [2.05, 4.69) is 0 Å². The third kappa shape index (κ3) is 2.27. The van der Waals surface area contributed by atoms with Gasteiger partial charge < -0.3 is 10.0 Å². The number of carbonyl (C=O) groups is 2. The van der Waals surface area contributed by atoms with Crippen LogP contribution in [0.15, 0.2) is 42.5 Å². The van der Waals surface area contributed by atoms with Crippen molar-refractivity contribution in [3.63, 3.8) is 0 Å². The molecule has 0 fully saturated rings. The first-order chi connectivity index (χ1) is 10.1. The van der Waals surface area contributed by atoms with E-state index in [1.807, 2.05) is 0 Å². The number of aromatic carboxylic acids is 1. The minimum Gasteiger partial charge on any atom is -0.478 e. The summed E-state index contributed by atoms with van der Waals surface area (Å²) in [6, 6.07) is 11.0. The van der Waals surface area contributed by atoms with Crippen molar-refractivity contribution in [2.45, 2.75) is 13.1 Å². The van der Waals surface area contributed by atoms with Gasteiger partial charge in [0.25, 0.3) is 5.91 Å². The zero-order chi connectivity index (χ0) is 15.0. The number of nitrogens with zero attached hydrogens (tertiary/aromatic N) is 1. The number of amides is 1. The second-order valence-corrected chi connectivity index (χ2v) is 4.90. The SMILES string of the molecule is O=C(O)c1cccc2c1C(=O)N(Cc1ccccc1F)C2. The molecule has 0 unspecified atom stereocenters. The van der Waals surface area contributed by atoms with Gasteiger partial charge in [0.05, 0.1) is 11.1 Å². The monoisotopic (exact) mass is 285 g/mol. The van der Waals surface area contributed by atoms with Gasteiger partial charge in [-0.2, -0.15) is 0 Å². The van der Waals surface area contributed by atoms with Crippen molar-refractivity contribution in [2.24, 2.45) is 0 Å². The molecule has 0 radical (unpaired) electrons. The van der Waals surface area contributed by atoms with Crippen molar-refractivity contribution < 1.29 is 19.1 Å². The maximum absolute atomic E-state index is 13.7. The number of carboxylic acid groups (broad SMARTS) is 1. The van der Waals surface area contributed by atoms with E-state index < -0.39 is 5.97 Å². The van der Waals surface area contributed by atoms with Crippen molar-refractivity contribution in [1.29, 1.82) is 0 Å². The van der Waals surface area contributed by atoms with Gasteiger partial charge in [0, 0.05) is 18.7 Å². The quantitative estimate of drug-likeness (QED) is 0.943. The fourth-order valence-electron chi connectivity index (χ4n) is 2.56. The van der Waals surface area contributed by atoms with E-state index in [-0.39, 0.29) is 29.4 Å². The van der Waals surface area contributed by atoms with Gasteiger partial charge in [-0.25, -0.2) is 9.18 Å². The Balaban J connectivity index is 1.93. The van der Waals surface area contributed by atoms with E-state index in [0.29, 0.717) is 17.7 Å². The third-order valence-corrected chi connectivity index (χ3v) is 3.56. The summed E-state index contributed by atoms with van der Waals surface area (Å²) >= 11 is 0. The molecule has 1 aliphatic rings. The predicted molar refractivity (Wildman–Crippen MR) is 73.4 cm³/mol. The van der Waals surface area contributed by atoms with Crippen molar-refractivity contribution in [1.82, 2.24) is 4.90 Å². The first-order valence-corrected chi connectivity index (χ1v) is 6.46. The van der Waals surface area contributed by atoms with E-state index in [1.54, 1.807) is 30.3 Å². The van der Waals surface area contributed by atoms with E-state index in [1.165, 1.54) is 17.0 Å². The van der Waals surface area contributed by atoms with Crippen molar-refractivity contribution in [3.05, 3.63) is 70.5 Å². The van der Waals surface area contributed by atoms with Crippen LogP contribution in [0.25, 0.3) is 0 Å². The molecule has 0 spiro atoms. The molecular formula is C16H12FNO3. The Morgan fingerprint density at radius 1 is 1.19 bits per heavy atom. The van der Waals surface area contributed by atoms with Crippen LogP contribution < -0.4 is 0 Å². The van der Waals surface area contributed by atoms with Crippen LogP contribution in [0.5, 0.6) is 0 Å². The molecular weight excluding hydrogens is 273 g/mol. The molecule has 1 N–H and O–H groups in total. The maximum Gasteiger partial charge on any atom is 0.336 e. The molecule has 2 aromatic carbocycles. The number of halogens is 1. The molecule has 3 rings (SSSR count). The molecule has 1 amide bonds. The molecule has 106 valence electrons. The van der Waals surface area contributed by atoms with Crippen LogP contribution in [0.2, 0.25) is 0 Å². The Hall–Kier alpha value is -2.69. The number of carbonyl (C=O) groups excluding carboxylic acids is 1. The van der Waals surface area contributed by atoms with Crippen molar-refractivity contribution in [3.8, 4) is 0 Å². The topological polar surface area (TPSA) is 57.6 Å². The summed E-state index contributed by atoms with van der Waals surface area (Å²) in [4.78, 5) is 25.0. The van der Waals surface area contributed by atoms with Gasteiger partial charge in [0.15, 0.2) is 0 Å². The molecule has 0 bridgehead atoms. The molecule has 0 saturated carbocycles. The van der Waals surface area contributed by atoms with Crippen molar-refractivity contribution >= 4 is 11.9 Å². The maximum atomic E-state index is 13.7. The molecule has 5 heteroatoms. The van der Waals surface area contributed by atoms with Crippen LogP contribution in [0.3, 0.4) is 0 Å². The van der Waals surface area contributed by atoms with Gasteiger partial charge in [-0.15, -0.1) is 0 Å². The molecule has 2 aromatic rings. The van der Waals surface area contributed by atoms with Crippen molar-refractivity contribution in [2.75, 3.05) is 0 Å². The normalized spacial score (nSPS) is 13.4. The highest BCUT2D eigenvalue weighted by Gasteiger charge is 2.31. The summed E-state index contributed by atoms with van der Waals surface area (Å²) in [7, 11) is 0. The van der Waals surface area contributed by atoms with Crippen LogP contribution >= 0.6 is 0 Å². The standard InChI is InChI=1S/C16H12FNO3/c17-13-7-2-1-4-10(13)8-18-9-11-5-3-6-12(16(20)21)14(11)15(18)19/h1-7H,8-9H2,(H,20,21). The fourth-order valence-corrected chi connectivity index (χ4v) is 2.56. The Labute approximate surface area is 120 Å². The molecule has 0 aromatic heterocycles. The van der Waals surface area contributed by atoms with E-state index in [0.717, 1.165) is 0 Å². The summed E-state index contributed by atoms with van der Waals surface area (Å²) < 4.78 is 13.7. The Morgan fingerprint density at radius 3 is 2.67 bits per heavy atom.